The van der Waals surface area contributed by atoms with E-state index >= 15 is 0 Å². The number of hydrogen-bond acceptors (Lipinski definition) is 1. The molecule has 1 aromatic rings. The summed E-state index contributed by atoms with van der Waals surface area (Å²) in [5.74, 6) is 6.21. The van der Waals surface area contributed by atoms with Crippen molar-refractivity contribution in [3.63, 3.8) is 0 Å². The van der Waals surface area contributed by atoms with Crippen LogP contribution in [0.1, 0.15) is 54.4 Å². The summed E-state index contributed by atoms with van der Waals surface area (Å²) in [5.41, 5.74) is 1.21. The number of carboxylic acid groups (broad SMARTS) is 1. The molecule has 2 rings (SSSR count). The van der Waals surface area contributed by atoms with Crippen molar-refractivity contribution in [1.29, 1.82) is 0 Å². The molecule has 1 aliphatic rings. The summed E-state index contributed by atoms with van der Waals surface area (Å²) in [5, 5.41) is 8.79. The Hall–Kier alpha value is -1.75. The maximum Gasteiger partial charge on any atom is 0.335 e. The summed E-state index contributed by atoms with van der Waals surface area (Å²) in [4.78, 5) is 10.7. The van der Waals surface area contributed by atoms with E-state index in [0.29, 0.717) is 5.56 Å². The van der Waals surface area contributed by atoms with Gasteiger partial charge in [-0.3, -0.25) is 0 Å². The normalized spacial score (nSPS) is 15.8. The van der Waals surface area contributed by atoms with Crippen molar-refractivity contribution >= 4 is 5.97 Å². The van der Waals surface area contributed by atoms with Crippen LogP contribution in [0.4, 0.5) is 0 Å². The minimum absolute atomic E-state index is 0.313. The van der Waals surface area contributed by atoms with E-state index in [4.69, 9.17) is 5.11 Å². The van der Waals surface area contributed by atoms with Crippen LogP contribution < -0.4 is 0 Å². The van der Waals surface area contributed by atoms with Crippen LogP contribution in [0.3, 0.4) is 0 Å². The van der Waals surface area contributed by atoms with Crippen LogP contribution in [0.25, 0.3) is 0 Å². The lowest BCUT2D eigenvalue weighted by atomic mass is 9.87. The van der Waals surface area contributed by atoms with Crippen molar-refractivity contribution in [3.05, 3.63) is 35.4 Å². The van der Waals surface area contributed by atoms with Crippen LogP contribution in [0.2, 0.25) is 0 Å². The van der Waals surface area contributed by atoms with E-state index in [1.807, 2.05) is 0 Å². The van der Waals surface area contributed by atoms with Gasteiger partial charge in [0.25, 0.3) is 0 Å². The van der Waals surface area contributed by atoms with Gasteiger partial charge in [0.05, 0.1) is 5.56 Å². The van der Waals surface area contributed by atoms with Gasteiger partial charge >= 0.3 is 5.97 Å². The first-order chi connectivity index (χ1) is 8.75. The van der Waals surface area contributed by atoms with Crippen molar-refractivity contribution < 1.29 is 9.90 Å². The molecule has 1 aliphatic carbocycles. The Kier molecular flexibility index (Phi) is 4.41. The van der Waals surface area contributed by atoms with Crippen molar-refractivity contribution in [2.24, 2.45) is 5.92 Å². The van der Waals surface area contributed by atoms with E-state index in [1.165, 1.54) is 32.1 Å². The van der Waals surface area contributed by atoms with Gasteiger partial charge in [0.2, 0.25) is 0 Å². The Morgan fingerprint density at radius 2 is 1.83 bits per heavy atom. The third-order valence-electron chi connectivity index (χ3n) is 3.48. The Labute approximate surface area is 108 Å². The van der Waals surface area contributed by atoms with Gasteiger partial charge in [0.15, 0.2) is 0 Å². The quantitative estimate of drug-likeness (QED) is 0.803. The SMILES string of the molecule is O=C(O)c1ccc(C#CCC2CCCCC2)cc1. The Morgan fingerprint density at radius 3 is 2.44 bits per heavy atom. The van der Waals surface area contributed by atoms with Crippen LogP contribution in [0.15, 0.2) is 24.3 Å². The second-order valence-electron chi connectivity index (χ2n) is 4.89. The molecule has 0 atom stereocenters. The first-order valence-electron chi connectivity index (χ1n) is 6.58. The smallest absolute Gasteiger partial charge is 0.335 e. The molecule has 0 unspecified atom stereocenters. The molecule has 0 aliphatic heterocycles. The van der Waals surface area contributed by atoms with Gasteiger partial charge in [0.1, 0.15) is 0 Å². The van der Waals surface area contributed by atoms with Gasteiger partial charge in [-0.1, -0.05) is 31.1 Å². The van der Waals surface area contributed by atoms with E-state index in [2.05, 4.69) is 11.8 Å². The molecule has 0 saturated heterocycles. The third kappa shape index (κ3) is 3.63. The number of carbonyl (C=O) groups is 1. The molecule has 0 spiro atoms. The summed E-state index contributed by atoms with van der Waals surface area (Å²) < 4.78 is 0. The van der Waals surface area contributed by atoms with E-state index in [0.717, 1.165) is 17.9 Å². The molecule has 2 nitrogen and oxygen atoms in total. The highest BCUT2D eigenvalue weighted by atomic mass is 16.4. The van der Waals surface area contributed by atoms with Crippen molar-refractivity contribution in [3.8, 4) is 11.8 Å². The van der Waals surface area contributed by atoms with Gasteiger partial charge in [0, 0.05) is 12.0 Å². The van der Waals surface area contributed by atoms with E-state index in [-0.39, 0.29) is 0 Å². The van der Waals surface area contributed by atoms with E-state index in [1.54, 1.807) is 24.3 Å². The standard InChI is InChI=1S/C16H18O2/c17-16(18)15-11-9-14(10-12-15)8-4-7-13-5-2-1-3-6-13/h9-13H,1-3,5-7H2,(H,17,18). The Balaban J connectivity index is 1.90. The molecular weight excluding hydrogens is 224 g/mol. The second kappa shape index (κ2) is 6.26. The van der Waals surface area contributed by atoms with Crippen molar-refractivity contribution in [1.82, 2.24) is 0 Å². The summed E-state index contributed by atoms with van der Waals surface area (Å²) >= 11 is 0. The van der Waals surface area contributed by atoms with E-state index < -0.39 is 5.97 Å². The lowest BCUT2D eigenvalue weighted by Gasteiger charge is -2.18. The monoisotopic (exact) mass is 242 g/mol. The van der Waals surface area contributed by atoms with Crippen LogP contribution in [-0.4, -0.2) is 11.1 Å². The highest BCUT2D eigenvalue weighted by Crippen LogP contribution is 2.25. The number of hydrogen-bond donors (Lipinski definition) is 1. The molecule has 0 amide bonds. The summed E-state index contributed by atoms with van der Waals surface area (Å²) in [6.45, 7) is 0. The molecule has 1 N–H and O–H groups in total. The van der Waals surface area contributed by atoms with Crippen molar-refractivity contribution in [2.45, 2.75) is 38.5 Å². The number of carboxylic acids is 1. The molecule has 2 heteroatoms. The molecule has 0 radical (unpaired) electrons. The zero-order valence-electron chi connectivity index (χ0n) is 10.5. The fourth-order valence-electron chi connectivity index (χ4n) is 2.38. The fourth-order valence-corrected chi connectivity index (χ4v) is 2.38. The summed E-state index contributed by atoms with van der Waals surface area (Å²) in [7, 11) is 0. The Morgan fingerprint density at radius 1 is 1.17 bits per heavy atom. The first kappa shape index (κ1) is 12.7. The van der Waals surface area contributed by atoms with Crippen LogP contribution in [0.5, 0.6) is 0 Å². The second-order valence-corrected chi connectivity index (χ2v) is 4.89. The number of rotatable bonds is 2. The molecular formula is C16H18O2. The molecule has 94 valence electrons. The first-order valence-corrected chi connectivity index (χ1v) is 6.58. The molecule has 1 fully saturated rings. The average molecular weight is 242 g/mol. The maximum atomic E-state index is 10.7. The zero-order chi connectivity index (χ0) is 12.8. The van der Waals surface area contributed by atoms with Gasteiger partial charge in [-0.2, -0.15) is 0 Å². The minimum Gasteiger partial charge on any atom is -0.478 e. The fraction of sp³-hybridized carbons (Fsp3) is 0.438. The maximum absolute atomic E-state index is 10.7. The molecule has 0 aromatic heterocycles. The molecule has 0 bridgehead atoms. The Bertz CT molecular complexity index is 456. The van der Waals surface area contributed by atoms with Gasteiger partial charge in [-0.15, -0.1) is 0 Å². The predicted molar refractivity (Wildman–Crippen MR) is 71.5 cm³/mol. The van der Waals surface area contributed by atoms with E-state index in [9.17, 15) is 4.79 Å². The number of aromatic carboxylic acids is 1. The highest BCUT2D eigenvalue weighted by Gasteiger charge is 2.11. The van der Waals surface area contributed by atoms with Gasteiger partial charge in [-0.25, -0.2) is 4.79 Å². The summed E-state index contributed by atoms with van der Waals surface area (Å²) in [6, 6.07) is 6.76. The minimum atomic E-state index is -0.892. The van der Waals surface area contributed by atoms with Crippen LogP contribution >= 0.6 is 0 Å². The number of benzene rings is 1. The zero-order valence-corrected chi connectivity index (χ0v) is 10.5. The lowest BCUT2D eigenvalue weighted by Crippen LogP contribution is -2.04. The predicted octanol–water partition coefficient (Wildman–Crippen LogP) is 3.71. The molecule has 18 heavy (non-hydrogen) atoms. The largest absolute Gasteiger partial charge is 0.478 e. The molecule has 1 saturated carbocycles. The van der Waals surface area contributed by atoms with Gasteiger partial charge in [-0.05, 0) is 43.0 Å². The average Bonchev–Trinajstić information content (AvgIpc) is 2.40. The summed E-state index contributed by atoms with van der Waals surface area (Å²) in [6.07, 6.45) is 7.67. The van der Waals surface area contributed by atoms with Crippen molar-refractivity contribution in [2.75, 3.05) is 0 Å². The van der Waals surface area contributed by atoms with Crippen LogP contribution in [-0.2, 0) is 0 Å². The topological polar surface area (TPSA) is 37.3 Å². The van der Waals surface area contributed by atoms with Crippen LogP contribution in [0, 0.1) is 17.8 Å². The molecule has 1 aromatic carbocycles. The molecule has 0 heterocycles. The lowest BCUT2D eigenvalue weighted by molar-refractivity contribution is 0.0697. The van der Waals surface area contributed by atoms with Gasteiger partial charge < -0.3 is 5.11 Å². The highest BCUT2D eigenvalue weighted by molar-refractivity contribution is 5.87. The third-order valence-corrected chi connectivity index (χ3v) is 3.48.